The van der Waals surface area contributed by atoms with Crippen LogP contribution in [0.1, 0.15) is 447 Å². The molecule has 0 aromatic carbocycles. The van der Waals surface area contributed by atoms with Gasteiger partial charge in [-0.3, -0.25) is 37.3 Å². The van der Waals surface area contributed by atoms with E-state index in [0.29, 0.717) is 31.6 Å². The van der Waals surface area contributed by atoms with Crippen molar-refractivity contribution in [2.75, 3.05) is 39.6 Å². The lowest BCUT2D eigenvalue weighted by molar-refractivity contribution is -0.161. The zero-order valence-corrected chi connectivity index (χ0v) is 70.3. The molecule has 0 heterocycles. The van der Waals surface area contributed by atoms with E-state index in [-0.39, 0.29) is 25.7 Å². The van der Waals surface area contributed by atoms with Crippen LogP contribution in [0.2, 0.25) is 0 Å². The van der Waals surface area contributed by atoms with Crippen LogP contribution >= 0.6 is 15.6 Å². The third kappa shape index (κ3) is 76.8. The van der Waals surface area contributed by atoms with E-state index >= 15 is 0 Å². The zero-order chi connectivity index (χ0) is 76.5. The largest absolute Gasteiger partial charge is 0.472 e. The van der Waals surface area contributed by atoms with Crippen molar-refractivity contribution in [3.05, 3.63) is 0 Å². The quantitative estimate of drug-likeness (QED) is 0.0222. The summed E-state index contributed by atoms with van der Waals surface area (Å²) in [4.78, 5) is 73.1. The number of hydrogen-bond acceptors (Lipinski definition) is 15. The second kappa shape index (κ2) is 75.1. The van der Waals surface area contributed by atoms with E-state index in [4.69, 9.17) is 37.0 Å². The molecule has 0 saturated heterocycles. The molecule has 0 amide bonds. The topological polar surface area (TPSA) is 237 Å². The Morgan fingerprint density at radius 2 is 0.490 bits per heavy atom. The zero-order valence-electron chi connectivity index (χ0n) is 68.5. The van der Waals surface area contributed by atoms with Crippen LogP contribution < -0.4 is 0 Å². The van der Waals surface area contributed by atoms with Gasteiger partial charge in [-0.2, -0.15) is 0 Å². The number of ether oxygens (including phenoxy) is 4. The molecule has 17 nitrogen and oxygen atoms in total. The molecule has 0 saturated carbocycles. The monoisotopic (exact) mass is 1520 g/mol. The van der Waals surface area contributed by atoms with Gasteiger partial charge in [0.1, 0.15) is 19.3 Å². The van der Waals surface area contributed by atoms with Gasteiger partial charge in [0.2, 0.25) is 0 Å². The number of carbonyl (C=O) groups excluding carboxylic acids is 4. The van der Waals surface area contributed by atoms with Gasteiger partial charge in [0, 0.05) is 25.7 Å². The van der Waals surface area contributed by atoms with Gasteiger partial charge in [-0.25, -0.2) is 9.13 Å². The van der Waals surface area contributed by atoms with Gasteiger partial charge >= 0.3 is 39.5 Å². The van der Waals surface area contributed by atoms with E-state index in [1.807, 2.05) is 0 Å². The highest BCUT2D eigenvalue weighted by Crippen LogP contribution is 2.45. The highest BCUT2D eigenvalue weighted by Gasteiger charge is 2.30. The molecule has 0 aliphatic rings. The van der Waals surface area contributed by atoms with Crippen LogP contribution in [0, 0.1) is 17.8 Å². The van der Waals surface area contributed by atoms with E-state index in [0.717, 1.165) is 108 Å². The number of rotatable bonds is 83. The number of hydrogen-bond donors (Lipinski definition) is 3. The molecule has 104 heavy (non-hydrogen) atoms. The van der Waals surface area contributed by atoms with Gasteiger partial charge in [-0.1, -0.05) is 395 Å². The van der Waals surface area contributed by atoms with E-state index < -0.39 is 97.5 Å². The standard InChI is InChI=1S/C85H166O17P2/c1-8-10-11-12-13-14-15-16-17-23-30-35-40-45-54-61-69-85(90)102-81(73-96-83(88)67-60-53-48-47-50-57-64-77(5)6)75-100-104(93,94)98-71-79(86)70-97-103(91,92)99-74-80(72-95-82(87)66-59-52-44-39-34-29-26-25-28-33-38-43-51-58-65-78(7)9-2)101-84(89)68-62-55-46-41-36-31-24-21-19-18-20-22-27-32-37-42-49-56-63-76(3)4/h76-81,86H,8-75H2,1-7H3,(H,91,92)(H,93,94)/t78?,79-,80-,81-/m1/s1. The molecule has 0 radical (unpaired) electrons. The summed E-state index contributed by atoms with van der Waals surface area (Å²) in [5, 5.41) is 10.7. The fraction of sp³-hybridized carbons (Fsp3) is 0.953. The smallest absolute Gasteiger partial charge is 0.462 e. The van der Waals surface area contributed by atoms with Crippen molar-refractivity contribution in [1.82, 2.24) is 0 Å². The highest BCUT2D eigenvalue weighted by atomic mass is 31.2. The lowest BCUT2D eigenvalue weighted by atomic mass is 9.99. The summed E-state index contributed by atoms with van der Waals surface area (Å²) in [6, 6.07) is 0. The van der Waals surface area contributed by atoms with Gasteiger partial charge in [0.15, 0.2) is 12.2 Å². The summed E-state index contributed by atoms with van der Waals surface area (Å²) in [5.74, 6) is 0.242. The first-order valence-corrected chi connectivity index (χ1v) is 46.9. The lowest BCUT2D eigenvalue weighted by Gasteiger charge is -2.21. The van der Waals surface area contributed by atoms with Crippen LogP contribution in [0.4, 0.5) is 0 Å². The molecule has 0 aliphatic heterocycles. The fourth-order valence-corrected chi connectivity index (χ4v) is 14.7. The van der Waals surface area contributed by atoms with Gasteiger partial charge in [0.05, 0.1) is 26.4 Å². The minimum absolute atomic E-state index is 0.107. The van der Waals surface area contributed by atoms with E-state index in [9.17, 15) is 43.2 Å². The number of esters is 4. The molecule has 0 aliphatic carbocycles. The molecule has 0 aromatic heterocycles. The Bertz CT molecular complexity index is 2010. The van der Waals surface area contributed by atoms with Crippen molar-refractivity contribution in [2.24, 2.45) is 17.8 Å². The van der Waals surface area contributed by atoms with Crippen molar-refractivity contribution >= 4 is 39.5 Å². The first kappa shape index (κ1) is 102. The maximum absolute atomic E-state index is 13.1. The van der Waals surface area contributed by atoms with Crippen LogP contribution in [0.25, 0.3) is 0 Å². The van der Waals surface area contributed by atoms with E-state index in [2.05, 4.69) is 48.5 Å². The van der Waals surface area contributed by atoms with Crippen LogP contribution in [-0.4, -0.2) is 96.7 Å². The predicted molar refractivity (Wildman–Crippen MR) is 428 cm³/mol. The number of aliphatic hydroxyl groups is 1. The normalized spacial score (nSPS) is 14.2. The Labute approximate surface area is 638 Å². The molecule has 19 heteroatoms. The van der Waals surface area contributed by atoms with Crippen molar-refractivity contribution in [3.63, 3.8) is 0 Å². The second-order valence-electron chi connectivity index (χ2n) is 31.8. The van der Waals surface area contributed by atoms with Crippen molar-refractivity contribution in [3.8, 4) is 0 Å². The minimum Gasteiger partial charge on any atom is -0.462 e. The maximum Gasteiger partial charge on any atom is 0.472 e. The van der Waals surface area contributed by atoms with Crippen LogP contribution in [0.15, 0.2) is 0 Å². The Hall–Kier alpha value is -1.94. The van der Waals surface area contributed by atoms with Crippen LogP contribution in [0.5, 0.6) is 0 Å². The lowest BCUT2D eigenvalue weighted by Crippen LogP contribution is -2.30. The average molecular weight is 1520 g/mol. The van der Waals surface area contributed by atoms with Gasteiger partial charge < -0.3 is 33.8 Å². The van der Waals surface area contributed by atoms with Crippen molar-refractivity contribution < 1.29 is 80.2 Å². The summed E-state index contributed by atoms with van der Waals surface area (Å²) >= 11 is 0. The first-order chi connectivity index (χ1) is 50.3. The number of phosphoric ester groups is 2. The van der Waals surface area contributed by atoms with Gasteiger partial charge in [-0.15, -0.1) is 0 Å². The molecular weight excluding hydrogens is 1350 g/mol. The summed E-state index contributed by atoms with van der Waals surface area (Å²) < 4.78 is 68.8. The van der Waals surface area contributed by atoms with Crippen LogP contribution in [-0.2, 0) is 65.4 Å². The molecule has 6 atom stereocenters. The van der Waals surface area contributed by atoms with Gasteiger partial charge in [0.25, 0.3) is 0 Å². The Morgan fingerprint density at radius 1 is 0.279 bits per heavy atom. The van der Waals surface area contributed by atoms with Crippen molar-refractivity contribution in [2.45, 2.75) is 465 Å². The molecule has 3 unspecified atom stereocenters. The Kier molecular flexibility index (Phi) is 73.7. The molecule has 0 aromatic rings. The minimum atomic E-state index is -4.97. The third-order valence-electron chi connectivity index (χ3n) is 20.2. The van der Waals surface area contributed by atoms with Crippen molar-refractivity contribution in [1.29, 1.82) is 0 Å². The highest BCUT2D eigenvalue weighted by molar-refractivity contribution is 7.47. The molecule has 0 fully saturated rings. The molecule has 0 rings (SSSR count). The van der Waals surface area contributed by atoms with E-state index in [1.165, 1.54) is 250 Å². The number of unbranched alkanes of at least 4 members (excludes halogenated alkanes) is 50. The maximum atomic E-state index is 13.1. The number of carbonyl (C=O) groups is 4. The number of phosphoric acid groups is 2. The fourth-order valence-electron chi connectivity index (χ4n) is 13.2. The summed E-state index contributed by atoms with van der Waals surface area (Å²) in [6.07, 6.45) is 65.4. The third-order valence-corrected chi connectivity index (χ3v) is 22.1. The average Bonchev–Trinajstić information content (AvgIpc) is 0.903. The summed E-state index contributed by atoms with van der Waals surface area (Å²) in [5.41, 5.74) is 0. The predicted octanol–water partition coefficient (Wildman–Crippen LogP) is 25.7. The molecule has 0 bridgehead atoms. The summed E-state index contributed by atoms with van der Waals surface area (Å²) in [6.45, 7) is 12.0. The molecule has 618 valence electrons. The molecular formula is C85H166O17P2. The summed E-state index contributed by atoms with van der Waals surface area (Å²) in [7, 11) is -9.93. The second-order valence-corrected chi connectivity index (χ2v) is 34.7. The number of aliphatic hydroxyl groups excluding tert-OH is 1. The first-order valence-electron chi connectivity index (χ1n) is 43.9. The van der Waals surface area contributed by atoms with Crippen LogP contribution in [0.3, 0.4) is 0 Å². The molecule has 0 spiro atoms. The van der Waals surface area contributed by atoms with Gasteiger partial charge in [-0.05, 0) is 43.4 Å². The Balaban J connectivity index is 5.22. The SMILES string of the molecule is CCCCCCCCCCCCCCCCCCC(=O)O[C@H](COC(=O)CCCCCCCCC(C)C)COP(=O)(O)OC[C@H](O)COP(=O)(O)OC[C@@H](COC(=O)CCCCCCCCCCCCCCCCC(C)CC)OC(=O)CCCCCCCCCCCCCCCCCCCCC(C)C. The Morgan fingerprint density at radius 3 is 0.731 bits per heavy atom. The van der Waals surface area contributed by atoms with E-state index in [1.54, 1.807) is 0 Å². The molecule has 3 N–H and O–H groups in total.